The van der Waals surface area contributed by atoms with E-state index in [9.17, 15) is 0 Å². The first kappa shape index (κ1) is 16.0. The molecule has 21 heavy (non-hydrogen) atoms. The van der Waals surface area contributed by atoms with Crippen LogP contribution in [0, 0.1) is 0 Å². The summed E-state index contributed by atoms with van der Waals surface area (Å²) in [5, 5.41) is 8.84. The number of hydrogen-bond donors (Lipinski definition) is 1. The number of nitrogens with zero attached hydrogens (tertiary/aromatic N) is 4. The fourth-order valence-corrected chi connectivity index (χ4v) is 2.82. The normalized spacial score (nSPS) is 12.8. The molecule has 0 fully saturated rings. The molecule has 0 aliphatic carbocycles. The van der Waals surface area contributed by atoms with E-state index in [0.717, 1.165) is 47.9 Å². The summed E-state index contributed by atoms with van der Waals surface area (Å²) in [4.78, 5) is 4.48. The van der Waals surface area contributed by atoms with Crippen molar-refractivity contribution < 1.29 is 0 Å². The van der Waals surface area contributed by atoms with E-state index in [2.05, 4.69) is 35.4 Å². The summed E-state index contributed by atoms with van der Waals surface area (Å²) in [6, 6.07) is 0.156. The smallest absolute Gasteiger partial charge is 0.0947 e. The zero-order valence-corrected chi connectivity index (χ0v) is 14.0. The maximum Gasteiger partial charge on any atom is 0.0947 e. The van der Waals surface area contributed by atoms with Gasteiger partial charge in [0.1, 0.15) is 0 Å². The molecule has 0 aliphatic heterocycles. The van der Waals surface area contributed by atoms with Crippen molar-refractivity contribution in [3.8, 4) is 0 Å². The summed E-state index contributed by atoms with van der Waals surface area (Å²) in [5.74, 6) is 0. The fourth-order valence-electron chi connectivity index (χ4n) is 2.45. The van der Waals surface area contributed by atoms with Gasteiger partial charge in [-0.2, -0.15) is 5.10 Å². The lowest BCUT2D eigenvalue weighted by Gasteiger charge is -2.17. The molecule has 1 unspecified atom stereocenters. The first-order chi connectivity index (χ1) is 10.1. The van der Waals surface area contributed by atoms with Gasteiger partial charge in [0, 0.05) is 26.7 Å². The molecule has 0 saturated heterocycles. The lowest BCUT2D eigenvalue weighted by atomic mass is 10.1. The minimum Gasteiger partial charge on any atom is -0.340 e. The summed E-state index contributed by atoms with van der Waals surface area (Å²) in [6.45, 7) is 5.19. The van der Waals surface area contributed by atoms with E-state index in [0.29, 0.717) is 0 Å². The van der Waals surface area contributed by atoms with Gasteiger partial charge in [0.2, 0.25) is 0 Å². The van der Waals surface area contributed by atoms with Gasteiger partial charge in [-0.1, -0.05) is 25.4 Å². The van der Waals surface area contributed by atoms with Crippen molar-refractivity contribution in [2.45, 2.75) is 39.2 Å². The topological polar surface area (TPSA) is 47.7 Å². The van der Waals surface area contributed by atoms with Crippen LogP contribution in [0.1, 0.15) is 43.4 Å². The number of hydrogen-bond acceptors (Lipinski definition) is 3. The van der Waals surface area contributed by atoms with Gasteiger partial charge >= 0.3 is 0 Å². The highest BCUT2D eigenvalue weighted by molar-refractivity contribution is 6.31. The minimum atomic E-state index is 0.156. The summed E-state index contributed by atoms with van der Waals surface area (Å²) in [7, 11) is 3.94. The lowest BCUT2D eigenvalue weighted by Crippen LogP contribution is -2.25. The van der Waals surface area contributed by atoms with Crippen molar-refractivity contribution in [1.29, 1.82) is 0 Å². The third kappa shape index (κ3) is 3.66. The second-order valence-corrected chi connectivity index (χ2v) is 5.74. The quantitative estimate of drug-likeness (QED) is 0.855. The van der Waals surface area contributed by atoms with Gasteiger partial charge in [-0.3, -0.25) is 4.68 Å². The van der Waals surface area contributed by atoms with Gasteiger partial charge in [-0.05, 0) is 19.4 Å². The highest BCUT2D eigenvalue weighted by Gasteiger charge is 2.20. The summed E-state index contributed by atoms with van der Waals surface area (Å²) in [6.07, 6.45) is 6.61. The number of halogens is 1. The summed E-state index contributed by atoms with van der Waals surface area (Å²) >= 11 is 6.46. The van der Waals surface area contributed by atoms with E-state index in [4.69, 9.17) is 11.6 Å². The standard InChI is InChI=1S/C15H24ClN5/c1-5-7-17-12(13-9-20(3)10-18-13)8-14-15(16)11(6-2)19-21(14)4/h9-10,12,17H,5-8H2,1-4H3. The van der Waals surface area contributed by atoms with Gasteiger partial charge in [-0.25, -0.2) is 4.98 Å². The average Bonchev–Trinajstić information content (AvgIpc) is 3.00. The molecule has 2 aromatic heterocycles. The van der Waals surface area contributed by atoms with Crippen molar-refractivity contribution in [1.82, 2.24) is 24.6 Å². The monoisotopic (exact) mass is 309 g/mol. The molecule has 0 aromatic carbocycles. The van der Waals surface area contributed by atoms with Crippen LogP contribution in [0.15, 0.2) is 12.5 Å². The van der Waals surface area contributed by atoms with Crippen LogP contribution in [0.4, 0.5) is 0 Å². The van der Waals surface area contributed by atoms with E-state index in [1.807, 2.05) is 29.7 Å². The molecule has 0 bridgehead atoms. The van der Waals surface area contributed by atoms with Crippen LogP contribution in [0.3, 0.4) is 0 Å². The van der Waals surface area contributed by atoms with E-state index >= 15 is 0 Å². The van der Waals surface area contributed by atoms with E-state index in [-0.39, 0.29) is 6.04 Å². The van der Waals surface area contributed by atoms with Gasteiger partial charge in [-0.15, -0.1) is 0 Å². The first-order valence-electron chi connectivity index (χ1n) is 7.48. The van der Waals surface area contributed by atoms with E-state index in [1.54, 1.807) is 0 Å². The van der Waals surface area contributed by atoms with Crippen LogP contribution in [-0.4, -0.2) is 25.9 Å². The number of rotatable bonds is 7. The molecule has 2 heterocycles. The van der Waals surface area contributed by atoms with Crippen LogP contribution in [0.25, 0.3) is 0 Å². The average molecular weight is 310 g/mol. The van der Waals surface area contributed by atoms with Crippen LogP contribution in [0.5, 0.6) is 0 Å². The Labute approximate surface area is 131 Å². The second kappa shape index (κ2) is 7.09. The van der Waals surface area contributed by atoms with Crippen molar-refractivity contribution in [3.05, 3.63) is 34.6 Å². The Morgan fingerprint density at radius 3 is 2.62 bits per heavy atom. The van der Waals surface area contributed by atoms with Crippen LogP contribution < -0.4 is 5.32 Å². The third-order valence-electron chi connectivity index (χ3n) is 3.62. The van der Waals surface area contributed by atoms with Gasteiger partial charge in [0.05, 0.1) is 34.5 Å². The second-order valence-electron chi connectivity index (χ2n) is 5.36. The molecule has 5 nitrogen and oxygen atoms in total. The molecule has 1 N–H and O–H groups in total. The van der Waals surface area contributed by atoms with E-state index in [1.165, 1.54) is 0 Å². The molecule has 1 atom stereocenters. The highest BCUT2D eigenvalue weighted by Crippen LogP contribution is 2.25. The first-order valence-corrected chi connectivity index (χ1v) is 7.86. The van der Waals surface area contributed by atoms with Crippen molar-refractivity contribution in [2.75, 3.05) is 6.54 Å². The third-order valence-corrected chi connectivity index (χ3v) is 4.06. The van der Waals surface area contributed by atoms with Gasteiger partial charge in [0.15, 0.2) is 0 Å². The molecule has 6 heteroatoms. The predicted molar refractivity (Wildman–Crippen MR) is 85.5 cm³/mol. The van der Waals surface area contributed by atoms with Crippen molar-refractivity contribution >= 4 is 11.6 Å². The molecule has 116 valence electrons. The molecule has 0 spiro atoms. The maximum absolute atomic E-state index is 6.46. The van der Waals surface area contributed by atoms with E-state index < -0.39 is 0 Å². The highest BCUT2D eigenvalue weighted by atomic mass is 35.5. The van der Waals surface area contributed by atoms with Crippen molar-refractivity contribution in [3.63, 3.8) is 0 Å². The Kier molecular flexibility index (Phi) is 5.42. The largest absolute Gasteiger partial charge is 0.340 e. The SMILES string of the molecule is CCCNC(Cc1c(Cl)c(CC)nn1C)c1cn(C)cn1. The summed E-state index contributed by atoms with van der Waals surface area (Å²) < 4.78 is 3.86. The molecule has 2 rings (SSSR count). The Morgan fingerprint density at radius 2 is 2.10 bits per heavy atom. The molecule has 0 aliphatic rings. The Morgan fingerprint density at radius 1 is 1.33 bits per heavy atom. The zero-order chi connectivity index (χ0) is 15.4. The molecular weight excluding hydrogens is 286 g/mol. The molecule has 0 amide bonds. The van der Waals surface area contributed by atoms with Crippen molar-refractivity contribution in [2.24, 2.45) is 14.1 Å². The number of aromatic nitrogens is 4. The Balaban J connectivity index is 2.24. The molecule has 0 saturated carbocycles. The molecule has 0 radical (unpaired) electrons. The van der Waals surface area contributed by atoms with Gasteiger partial charge in [0.25, 0.3) is 0 Å². The zero-order valence-electron chi connectivity index (χ0n) is 13.2. The van der Waals surface area contributed by atoms with Crippen LogP contribution in [-0.2, 0) is 26.9 Å². The Hall–Kier alpha value is -1.33. The fraction of sp³-hybridized carbons (Fsp3) is 0.600. The lowest BCUT2D eigenvalue weighted by molar-refractivity contribution is 0.503. The molecule has 2 aromatic rings. The molecular formula is C15H24ClN5. The van der Waals surface area contributed by atoms with Gasteiger partial charge < -0.3 is 9.88 Å². The van der Waals surface area contributed by atoms with Crippen LogP contribution >= 0.6 is 11.6 Å². The maximum atomic E-state index is 6.46. The summed E-state index contributed by atoms with van der Waals surface area (Å²) in [5.41, 5.74) is 3.07. The number of nitrogens with one attached hydrogen (secondary N) is 1. The predicted octanol–water partition coefficient (Wildman–Crippen LogP) is 2.65. The minimum absolute atomic E-state index is 0.156. The number of imidazole rings is 1. The van der Waals surface area contributed by atoms with Crippen LogP contribution in [0.2, 0.25) is 5.02 Å². The number of aryl methyl sites for hydroxylation is 3. The Bertz CT molecular complexity index is 587.